The number of benzene rings is 2. The molecule has 0 spiro atoms. The molecule has 2 aromatic carbocycles. The van der Waals surface area contributed by atoms with Gasteiger partial charge >= 0.3 is 6.18 Å². The quantitative estimate of drug-likeness (QED) is 0.831. The van der Waals surface area contributed by atoms with Gasteiger partial charge in [0.2, 0.25) is 0 Å². The Bertz CT molecular complexity index is 697. The smallest absolute Gasteiger partial charge is 0.416 e. The molecule has 134 valence electrons. The summed E-state index contributed by atoms with van der Waals surface area (Å²) < 4.78 is 48.3. The Hall–Kier alpha value is -2.70. The Morgan fingerprint density at radius 1 is 1.04 bits per heavy atom. The lowest BCUT2D eigenvalue weighted by molar-refractivity contribution is -0.137. The van der Waals surface area contributed by atoms with Gasteiger partial charge < -0.3 is 14.8 Å². The Morgan fingerprint density at radius 3 is 2.08 bits per heavy atom. The molecule has 0 heterocycles. The molecule has 0 aromatic heterocycles. The predicted octanol–water partition coefficient (Wildman–Crippen LogP) is 4.51. The summed E-state index contributed by atoms with van der Waals surface area (Å²) in [5, 5.41) is 2.56. The second-order valence-corrected chi connectivity index (χ2v) is 5.25. The van der Waals surface area contributed by atoms with Gasteiger partial charge in [-0.15, -0.1) is 0 Å². The average Bonchev–Trinajstić information content (AvgIpc) is 2.59. The molecule has 2 aromatic rings. The molecule has 2 rings (SSSR count). The van der Waals surface area contributed by atoms with E-state index in [1.807, 2.05) is 0 Å². The average molecular weight is 353 g/mol. The third-order valence-electron chi connectivity index (χ3n) is 3.48. The molecule has 1 amide bonds. The summed E-state index contributed by atoms with van der Waals surface area (Å²) in [6.45, 7) is 1.78. The van der Waals surface area contributed by atoms with E-state index in [2.05, 4.69) is 5.32 Å². The Kier molecular flexibility index (Phi) is 5.90. The molecule has 25 heavy (non-hydrogen) atoms. The summed E-state index contributed by atoms with van der Waals surface area (Å²) in [6.07, 6.45) is -4.78. The van der Waals surface area contributed by atoms with E-state index < -0.39 is 23.8 Å². The molecule has 0 radical (unpaired) electrons. The number of hydrogen-bond donors (Lipinski definition) is 1. The number of anilines is 1. The van der Waals surface area contributed by atoms with Gasteiger partial charge in [0.25, 0.3) is 5.91 Å². The van der Waals surface area contributed by atoms with Crippen LogP contribution in [0.4, 0.5) is 18.9 Å². The van der Waals surface area contributed by atoms with Crippen LogP contribution in [0.3, 0.4) is 0 Å². The van der Waals surface area contributed by atoms with Crippen LogP contribution in [-0.4, -0.2) is 19.1 Å². The van der Waals surface area contributed by atoms with Crippen LogP contribution in [0.25, 0.3) is 0 Å². The van der Waals surface area contributed by atoms with Crippen molar-refractivity contribution in [3.05, 3.63) is 54.1 Å². The van der Waals surface area contributed by atoms with Gasteiger partial charge in [-0.25, -0.2) is 0 Å². The molecule has 0 saturated carbocycles. The minimum atomic E-state index is -4.41. The van der Waals surface area contributed by atoms with E-state index in [0.717, 1.165) is 12.1 Å². The number of methoxy groups -OCH3 is 1. The summed E-state index contributed by atoms with van der Waals surface area (Å²) in [5.74, 6) is 0.725. The highest BCUT2D eigenvalue weighted by Crippen LogP contribution is 2.30. The summed E-state index contributed by atoms with van der Waals surface area (Å²) in [5.41, 5.74) is -0.498. The monoisotopic (exact) mass is 353 g/mol. The fourth-order valence-corrected chi connectivity index (χ4v) is 2.11. The maximum absolute atomic E-state index is 12.5. The summed E-state index contributed by atoms with van der Waals surface area (Å²) in [6, 6.07) is 11.0. The predicted molar refractivity (Wildman–Crippen MR) is 87.8 cm³/mol. The third-order valence-corrected chi connectivity index (χ3v) is 3.48. The molecule has 1 N–H and O–H groups in total. The van der Waals surface area contributed by atoms with Crippen LogP contribution < -0.4 is 14.8 Å². The van der Waals surface area contributed by atoms with Gasteiger partial charge in [0.05, 0.1) is 12.7 Å². The fraction of sp³-hybridized carbons (Fsp3) is 0.278. The van der Waals surface area contributed by atoms with E-state index in [0.29, 0.717) is 17.9 Å². The maximum atomic E-state index is 12.5. The normalized spacial score (nSPS) is 12.4. The van der Waals surface area contributed by atoms with Crippen molar-refractivity contribution in [3.63, 3.8) is 0 Å². The first kappa shape index (κ1) is 18.6. The standard InChI is InChI=1S/C18H18F3NO3/c1-3-16(25-15-10-8-14(24-2)9-11-15)17(23)22-13-6-4-12(5-7-13)18(19,20)21/h4-11,16H,3H2,1-2H3,(H,22,23)/t16-/m0/s1. The van der Waals surface area contributed by atoms with Gasteiger partial charge in [-0.3, -0.25) is 4.79 Å². The highest BCUT2D eigenvalue weighted by atomic mass is 19.4. The lowest BCUT2D eigenvalue weighted by Crippen LogP contribution is -2.32. The van der Waals surface area contributed by atoms with Gasteiger partial charge in [0.15, 0.2) is 6.10 Å². The van der Waals surface area contributed by atoms with Crippen molar-refractivity contribution in [3.8, 4) is 11.5 Å². The van der Waals surface area contributed by atoms with Crippen molar-refractivity contribution in [2.24, 2.45) is 0 Å². The van der Waals surface area contributed by atoms with Crippen LogP contribution >= 0.6 is 0 Å². The zero-order valence-corrected chi connectivity index (χ0v) is 13.8. The maximum Gasteiger partial charge on any atom is 0.416 e. The SMILES string of the molecule is CC[C@H](Oc1ccc(OC)cc1)C(=O)Nc1ccc(C(F)(F)F)cc1. The number of amides is 1. The minimum absolute atomic E-state index is 0.273. The third kappa shape index (κ3) is 5.14. The van der Waals surface area contributed by atoms with Crippen molar-refractivity contribution >= 4 is 11.6 Å². The van der Waals surface area contributed by atoms with E-state index in [9.17, 15) is 18.0 Å². The largest absolute Gasteiger partial charge is 0.497 e. The topological polar surface area (TPSA) is 47.6 Å². The van der Waals surface area contributed by atoms with Crippen molar-refractivity contribution in [2.45, 2.75) is 25.6 Å². The van der Waals surface area contributed by atoms with Crippen molar-refractivity contribution < 1.29 is 27.4 Å². The number of carbonyl (C=O) groups is 1. The first-order chi connectivity index (χ1) is 11.8. The first-order valence-electron chi connectivity index (χ1n) is 7.62. The van der Waals surface area contributed by atoms with E-state index in [-0.39, 0.29) is 5.69 Å². The van der Waals surface area contributed by atoms with E-state index in [4.69, 9.17) is 9.47 Å². The molecule has 0 aliphatic heterocycles. The molecule has 1 atom stereocenters. The molecule has 7 heteroatoms. The van der Waals surface area contributed by atoms with Crippen LogP contribution in [0.15, 0.2) is 48.5 Å². The molecular weight excluding hydrogens is 335 g/mol. The number of hydrogen-bond acceptors (Lipinski definition) is 3. The number of halogens is 3. The summed E-state index contributed by atoms with van der Waals surface area (Å²) in [4.78, 5) is 12.3. The number of alkyl halides is 3. The van der Waals surface area contributed by atoms with Gasteiger partial charge in [0, 0.05) is 5.69 Å². The Balaban J connectivity index is 2.01. The molecular formula is C18H18F3NO3. The number of carbonyl (C=O) groups excluding carboxylic acids is 1. The van der Waals surface area contributed by atoms with Crippen molar-refractivity contribution in [1.29, 1.82) is 0 Å². The minimum Gasteiger partial charge on any atom is -0.497 e. The van der Waals surface area contributed by atoms with Crippen LogP contribution in [0.5, 0.6) is 11.5 Å². The highest BCUT2D eigenvalue weighted by Gasteiger charge is 2.30. The van der Waals surface area contributed by atoms with Crippen LogP contribution in [-0.2, 0) is 11.0 Å². The van der Waals surface area contributed by atoms with Crippen LogP contribution in [0.1, 0.15) is 18.9 Å². The summed E-state index contributed by atoms with van der Waals surface area (Å²) >= 11 is 0. The number of rotatable bonds is 6. The van der Waals surface area contributed by atoms with Crippen LogP contribution in [0.2, 0.25) is 0 Å². The zero-order chi connectivity index (χ0) is 18.4. The molecule has 0 aliphatic rings. The Labute approximate surface area is 143 Å². The van der Waals surface area contributed by atoms with Gasteiger partial charge in [-0.1, -0.05) is 6.92 Å². The van der Waals surface area contributed by atoms with E-state index in [1.165, 1.54) is 12.1 Å². The van der Waals surface area contributed by atoms with Gasteiger partial charge in [-0.05, 0) is 55.0 Å². The lowest BCUT2D eigenvalue weighted by atomic mass is 10.2. The van der Waals surface area contributed by atoms with Crippen molar-refractivity contribution in [2.75, 3.05) is 12.4 Å². The molecule has 0 bridgehead atoms. The van der Waals surface area contributed by atoms with Crippen LogP contribution in [0, 0.1) is 0 Å². The fourth-order valence-electron chi connectivity index (χ4n) is 2.11. The van der Waals surface area contributed by atoms with Gasteiger partial charge in [-0.2, -0.15) is 13.2 Å². The van der Waals surface area contributed by atoms with E-state index >= 15 is 0 Å². The van der Waals surface area contributed by atoms with E-state index in [1.54, 1.807) is 38.3 Å². The molecule has 0 aliphatic carbocycles. The number of ether oxygens (including phenoxy) is 2. The van der Waals surface area contributed by atoms with Crippen molar-refractivity contribution in [1.82, 2.24) is 0 Å². The second kappa shape index (κ2) is 7.92. The molecule has 4 nitrogen and oxygen atoms in total. The molecule has 0 unspecified atom stereocenters. The zero-order valence-electron chi connectivity index (χ0n) is 13.8. The lowest BCUT2D eigenvalue weighted by Gasteiger charge is -2.17. The molecule has 0 saturated heterocycles. The highest BCUT2D eigenvalue weighted by molar-refractivity contribution is 5.94. The Morgan fingerprint density at radius 2 is 1.60 bits per heavy atom. The molecule has 0 fully saturated rings. The second-order valence-electron chi connectivity index (χ2n) is 5.25. The first-order valence-corrected chi connectivity index (χ1v) is 7.62. The van der Waals surface area contributed by atoms with Gasteiger partial charge in [0.1, 0.15) is 11.5 Å². The summed E-state index contributed by atoms with van der Waals surface area (Å²) in [7, 11) is 1.54. The number of nitrogens with one attached hydrogen (secondary N) is 1.